The molecule has 1 aromatic carbocycles. The topological polar surface area (TPSA) is 74.5 Å². The van der Waals surface area contributed by atoms with E-state index in [4.69, 9.17) is 0 Å². The largest absolute Gasteiger partial charge is 0.507 e. The molecule has 7 heteroatoms. The minimum atomic E-state index is -0.0888. The maximum absolute atomic E-state index is 11.9. The molecule has 7 nitrogen and oxygen atoms in total. The van der Waals surface area contributed by atoms with Crippen LogP contribution < -0.4 is 10.5 Å². The third-order valence-corrected chi connectivity index (χ3v) is 6.83. The first-order valence-electron chi connectivity index (χ1n) is 10.6. The zero-order valence-electron chi connectivity index (χ0n) is 18.1. The Morgan fingerprint density at radius 1 is 1.00 bits per heavy atom. The van der Waals surface area contributed by atoms with Crippen LogP contribution in [0.1, 0.15) is 6.92 Å². The number of rotatable bonds is 3. The molecule has 0 amide bonds. The zero-order valence-corrected chi connectivity index (χ0v) is 18.1. The SMILES string of the molecule is CN1C[C@@H]2CN(c3ccc(-c4ccc(-c5ccn(C)c(=O)c5)cc4O)nn3)C[C@]2(C)C1. The van der Waals surface area contributed by atoms with E-state index in [1.165, 1.54) is 4.57 Å². The van der Waals surface area contributed by atoms with Crippen molar-refractivity contribution in [3.05, 3.63) is 59.0 Å². The van der Waals surface area contributed by atoms with Crippen LogP contribution in [0.15, 0.2) is 53.5 Å². The molecule has 0 spiro atoms. The number of aromatic nitrogens is 3. The van der Waals surface area contributed by atoms with Crippen LogP contribution in [0.4, 0.5) is 5.82 Å². The molecule has 2 aromatic heterocycles. The molecule has 2 fully saturated rings. The smallest absolute Gasteiger partial charge is 0.250 e. The monoisotopic (exact) mass is 417 g/mol. The summed E-state index contributed by atoms with van der Waals surface area (Å²) < 4.78 is 1.51. The molecule has 160 valence electrons. The molecular weight excluding hydrogens is 390 g/mol. The summed E-state index contributed by atoms with van der Waals surface area (Å²) in [5.41, 5.74) is 3.02. The molecule has 0 aliphatic carbocycles. The van der Waals surface area contributed by atoms with E-state index >= 15 is 0 Å². The van der Waals surface area contributed by atoms with Crippen molar-refractivity contribution in [1.29, 1.82) is 0 Å². The van der Waals surface area contributed by atoms with Gasteiger partial charge in [-0.05, 0) is 54.4 Å². The molecule has 2 aliphatic heterocycles. The van der Waals surface area contributed by atoms with Crippen molar-refractivity contribution in [3.63, 3.8) is 0 Å². The van der Waals surface area contributed by atoms with Gasteiger partial charge in [-0.2, -0.15) is 0 Å². The Labute approximate surface area is 181 Å². The Morgan fingerprint density at radius 3 is 2.48 bits per heavy atom. The zero-order chi connectivity index (χ0) is 21.8. The molecule has 0 unspecified atom stereocenters. The molecule has 0 radical (unpaired) electrons. The Balaban J connectivity index is 1.36. The van der Waals surface area contributed by atoms with Crippen LogP contribution in [0, 0.1) is 11.3 Å². The van der Waals surface area contributed by atoms with Gasteiger partial charge < -0.3 is 19.5 Å². The number of hydrogen-bond donors (Lipinski definition) is 1. The highest BCUT2D eigenvalue weighted by Gasteiger charge is 2.48. The van der Waals surface area contributed by atoms with Crippen molar-refractivity contribution in [3.8, 4) is 28.1 Å². The maximum Gasteiger partial charge on any atom is 0.250 e. The van der Waals surface area contributed by atoms with Crippen LogP contribution in [0.3, 0.4) is 0 Å². The second-order valence-electron chi connectivity index (χ2n) is 9.30. The van der Waals surface area contributed by atoms with Gasteiger partial charge in [0.15, 0.2) is 5.82 Å². The van der Waals surface area contributed by atoms with Gasteiger partial charge >= 0.3 is 0 Å². The number of aryl methyl sites for hydroxylation is 1. The number of phenols is 1. The third-order valence-electron chi connectivity index (χ3n) is 6.83. The van der Waals surface area contributed by atoms with Gasteiger partial charge in [0.25, 0.3) is 5.56 Å². The highest BCUT2D eigenvalue weighted by Crippen LogP contribution is 2.42. The number of benzene rings is 1. The lowest BCUT2D eigenvalue weighted by atomic mass is 9.83. The second kappa shape index (κ2) is 7.20. The maximum atomic E-state index is 11.9. The summed E-state index contributed by atoms with van der Waals surface area (Å²) in [7, 11) is 3.90. The Hall–Kier alpha value is -3.19. The first-order chi connectivity index (χ1) is 14.8. The number of pyridine rings is 1. The van der Waals surface area contributed by atoms with Crippen molar-refractivity contribution in [2.75, 3.05) is 38.1 Å². The van der Waals surface area contributed by atoms with E-state index in [9.17, 15) is 9.90 Å². The standard InChI is InChI=1S/C24H27N5O2/c1-24-14-27(2)12-18(24)13-29(15-24)22-7-6-20(25-26-22)19-5-4-16(10-21(19)30)17-8-9-28(3)23(31)11-17/h4-11,18,30H,12-15H2,1-3H3/t18-,24+/m1/s1. The van der Waals surface area contributed by atoms with Crippen LogP contribution in [0.5, 0.6) is 5.75 Å². The quantitative estimate of drug-likeness (QED) is 0.706. The molecule has 1 N–H and O–H groups in total. The van der Waals surface area contributed by atoms with E-state index in [0.29, 0.717) is 22.6 Å². The Bertz CT molecular complexity index is 1190. The summed E-state index contributed by atoms with van der Waals surface area (Å²) in [5.74, 6) is 1.66. The minimum Gasteiger partial charge on any atom is -0.507 e. The van der Waals surface area contributed by atoms with E-state index in [1.807, 2.05) is 30.3 Å². The van der Waals surface area contributed by atoms with Gasteiger partial charge in [-0.15, -0.1) is 10.2 Å². The number of hydrogen-bond acceptors (Lipinski definition) is 6. The van der Waals surface area contributed by atoms with Gasteiger partial charge in [-0.1, -0.05) is 13.0 Å². The molecule has 4 heterocycles. The molecular formula is C24H27N5O2. The van der Waals surface area contributed by atoms with Gasteiger partial charge in [0, 0.05) is 56.5 Å². The van der Waals surface area contributed by atoms with Crippen LogP contribution >= 0.6 is 0 Å². The number of nitrogens with zero attached hydrogens (tertiary/aromatic N) is 5. The lowest BCUT2D eigenvalue weighted by Crippen LogP contribution is -2.31. The van der Waals surface area contributed by atoms with E-state index in [1.54, 1.807) is 25.4 Å². The molecule has 2 saturated heterocycles. The van der Waals surface area contributed by atoms with E-state index in [2.05, 4.69) is 34.0 Å². The number of aromatic hydroxyl groups is 1. The highest BCUT2D eigenvalue weighted by molar-refractivity contribution is 5.74. The van der Waals surface area contributed by atoms with Crippen LogP contribution in [0.25, 0.3) is 22.4 Å². The van der Waals surface area contributed by atoms with Gasteiger partial charge in [0.05, 0.1) is 5.69 Å². The Kier molecular flexibility index (Phi) is 4.59. The first kappa shape index (κ1) is 19.8. The van der Waals surface area contributed by atoms with E-state index in [0.717, 1.165) is 43.1 Å². The predicted octanol–water partition coefficient (Wildman–Crippen LogP) is 2.60. The van der Waals surface area contributed by atoms with Gasteiger partial charge in [0.1, 0.15) is 5.75 Å². The highest BCUT2D eigenvalue weighted by atomic mass is 16.3. The average Bonchev–Trinajstić information content (AvgIpc) is 3.20. The molecule has 0 bridgehead atoms. The molecule has 0 saturated carbocycles. The summed E-state index contributed by atoms with van der Waals surface area (Å²) in [6, 6.07) is 12.7. The summed E-state index contributed by atoms with van der Waals surface area (Å²) in [6.45, 7) is 6.61. The molecule has 31 heavy (non-hydrogen) atoms. The van der Waals surface area contributed by atoms with E-state index < -0.39 is 0 Å². The van der Waals surface area contributed by atoms with Gasteiger partial charge in [-0.3, -0.25) is 4.79 Å². The lowest BCUT2D eigenvalue weighted by molar-refractivity contribution is 0.313. The summed E-state index contributed by atoms with van der Waals surface area (Å²) in [4.78, 5) is 16.6. The van der Waals surface area contributed by atoms with Crippen LogP contribution in [-0.2, 0) is 7.05 Å². The Morgan fingerprint density at radius 2 is 1.81 bits per heavy atom. The second-order valence-corrected chi connectivity index (χ2v) is 9.30. The summed E-state index contributed by atoms with van der Waals surface area (Å²) in [6.07, 6.45) is 1.72. The molecule has 2 aliphatic rings. The van der Waals surface area contributed by atoms with Crippen molar-refractivity contribution in [1.82, 2.24) is 19.7 Å². The number of anilines is 1. The summed E-state index contributed by atoms with van der Waals surface area (Å²) in [5, 5.41) is 19.5. The molecule has 3 aromatic rings. The normalized spacial score (nSPS) is 23.3. The van der Waals surface area contributed by atoms with Crippen molar-refractivity contribution >= 4 is 5.82 Å². The van der Waals surface area contributed by atoms with Crippen molar-refractivity contribution < 1.29 is 5.11 Å². The van der Waals surface area contributed by atoms with Gasteiger partial charge in [-0.25, -0.2) is 0 Å². The lowest BCUT2D eigenvalue weighted by Gasteiger charge is -2.24. The van der Waals surface area contributed by atoms with Crippen molar-refractivity contribution in [2.45, 2.75) is 6.92 Å². The summed E-state index contributed by atoms with van der Waals surface area (Å²) >= 11 is 0. The molecule has 2 atom stereocenters. The third kappa shape index (κ3) is 3.49. The minimum absolute atomic E-state index is 0.0888. The van der Waals surface area contributed by atoms with Crippen LogP contribution in [0.2, 0.25) is 0 Å². The fraction of sp³-hybridized carbons (Fsp3) is 0.375. The van der Waals surface area contributed by atoms with Crippen molar-refractivity contribution in [2.24, 2.45) is 18.4 Å². The predicted molar refractivity (Wildman–Crippen MR) is 121 cm³/mol. The molecule has 5 rings (SSSR count). The van der Waals surface area contributed by atoms with Gasteiger partial charge in [0.2, 0.25) is 0 Å². The van der Waals surface area contributed by atoms with Crippen LogP contribution in [-0.4, -0.2) is 58.0 Å². The van der Waals surface area contributed by atoms with E-state index in [-0.39, 0.29) is 11.3 Å². The average molecular weight is 418 g/mol. The fourth-order valence-corrected chi connectivity index (χ4v) is 5.10. The number of phenolic OH excluding ortho intramolecular Hbond substituents is 1. The number of fused-ring (bicyclic) bond motifs is 1. The fourth-order valence-electron chi connectivity index (χ4n) is 5.10. The number of likely N-dealkylation sites (tertiary alicyclic amines) is 1. The first-order valence-corrected chi connectivity index (χ1v) is 10.6.